The zero-order chi connectivity index (χ0) is 17.8. The molecule has 134 valence electrons. The number of para-hydroxylation sites is 1. The number of hydrogen-bond donors (Lipinski definition) is 2. The molecule has 0 amide bonds. The third-order valence-electron chi connectivity index (χ3n) is 6.80. The van der Waals surface area contributed by atoms with Gasteiger partial charge in [0, 0.05) is 11.8 Å². The molecular weight excluding hydrogens is 322 g/mol. The van der Waals surface area contributed by atoms with Gasteiger partial charge in [-0.25, -0.2) is 0 Å². The van der Waals surface area contributed by atoms with Crippen molar-refractivity contribution in [2.45, 2.75) is 49.5 Å². The molecule has 0 aliphatic heterocycles. The summed E-state index contributed by atoms with van der Waals surface area (Å²) in [6.07, 6.45) is 8.42. The molecule has 0 radical (unpaired) electrons. The zero-order valence-corrected chi connectivity index (χ0v) is 14.9. The molecule has 2 unspecified atom stereocenters. The van der Waals surface area contributed by atoms with Crippen molar-refractivity contribution >= 4 is 11.9 Å². The molecule has 0 aromatic heterocycles. The molecule has 0 heterocycles. The number of phenols is 1. The average molecular weight is 347 g/mol. The smallest absolute Gasteiger partial charge is 0.124 e. The van der Waals surface area contributed by atoms with Crippen LogP contribution in [0.2, 0.25) is 0 Å². The van der Waals surface area contributed by atoms with Crippen molar-refractivity contribution in [2.75, 3.05) is 0 Å². The van der Waals surface area contributed by atoms with Gasteiger partial charge in [-0.2, -0.15) is 0 Å². The Morgan fingerprint density at radius 1 is 0.923 bits per heavy atom. The highest BCUT2D eigenvalue weighted by atomic mass is 16.3. The molecule has 3 heteroatoms. The molecule has 26 heavy (non-hydrogen) atoms. The molecule has 4 saturated carbocycles. The van der Waals surface area contributed by atoms with Crippen molar-refractivity contribution in [3.8, 4) is 5.75 Å². The Bertz CT molecular complexity index is 841. The number of aliphatic imine (C=N–C) groups is 1. The predicted octanol–water partition coefficient (Wildman–Crippen LogP) is 4.73. The first-order chi connectivity index (χ1) is 12.5. The second-order valence-corrected chi connectivity index (χ2v) is 8.83. The monoisotopic (exact) mass is 347 g/mol. The van der Waals surface area contributed by atoms with E-state index in [2.05, 4.69) is 29.3 Å². The maximum Gasteiger partial charge on any atom is 0.124 e. The van der Waals surface area contributed by atoms with Crippen LogP contribution in [0.5, 0.6) is 5.75 Å². The van der Waals surface area contributed by atoms with Crippen molar-refractivity contribution in [3.05, 3.63) is 59.7 Å². The van der Waals surface area contributed by atoms with Crippen LogP contribution in [0.25, 0.3) is 0 Å². The van der Waals surface area contributed by atoms with E-state index in [4.69, 9.17) is 0 Å². The first kappa shape index (κ1) is 16.1. The van der Waals surface area contributed by atoms with Crippen LogP contribution in [0.15, 0.2) is 53.5 Å². The summed E-state index contributed by atoms with van der Waals surface area (Å²) in [6.45, 7) is 0. The number of aromatic hydroxyl groups is 1. The van der Waals surface area contributed by atoms with E-state index in [9.17, 15) is 10.2 Å². The Hall–Kier alpha value is -2.13. The van der Waals surface area contributed by atoms with Crippen molar-refractivity contribution < 1.29 is 10.2 Å². The van der Waals surface area contributed by atoms with E-state index in [1.807, 2.05) is 12.1 Å². The fourth-order valence-electron chi connectivity index (χ4n) is 6.19. The summed E-state index contributed by atoms with van der Waals surface area (Å²) in [5.41, 5.74) is 2.72. The molecule has 2 atom stereocenters. The topological polar surface area (TPSA) is 52.8 Å². The standard InChI is InChI=1S/C23H25NO2/c25-21-4-2-1-3-18(21)14-24-20-7-5-19(6-8-20)22-10-16-9-17(11-22)13-23(26,12-16)15-22/h1-8,14,16-17,25-26H,9-13,15H2. The van der Waals surface area contributed by atoms with Gasteiger partial charge in [-0.1, -0.05) is 24.3 Å². The van der Waals surface area contributed by atoms with Crippen LogP contribution in [0.4, 0.5) is 5.69 Å². The van der Waals surface area contributed by atoms with E-state index in [-0.39, 0.29) is 11.2 Å². The van der Waals surface area contributed by atoms with Gasteiger partial charge in [-0.05, 0) is 85.6 Å². The Labute approximate surface area is 154 Å². The van der Waals surface area contributed by atoms with Crippen LogP contribution in [0.3, 0.4) is 0 Å². The number of aliphatic hydroxyl groups is 1. The van der Waals surface area contributed by atoms with E-state index in [1.54, 1.807) is 18.3 Å². The van der Waals surface area contributed by atoms with Gasteiger partial charge in [0.15, 0.2) is 0 Å². The molecule has 2 aromatic rings. The van der Waals surface area contributed by atoms with Gasteiger partial charge in [-0.3, -0.25) is 4.99 Å². The maximum absolute atomic E-state index is 11.0. The lowest BCUT2D eigenvalue weighted by Gasteiger charge is -2.60. The van der Waals surface area contributed by atoms with Crippen molar-refractivity contribution in [1.82, 2.24) is 0 Å². The quantitative estimate of drug-likeness (QED) is 0.789. The van der Waals surface area contributed by atoms with Crippen molar-refractivity contribution in [3.63, 3.8) is 0 Å². The molecule has 0 spiro atoms. The lowest BCUT2D eigenvalue weighted by atomic mass is 9.46. The van der Waals surface area contributed by atoms with Crippen LogP contribution < -0.4 is 0 Å². The van der Waals surface area contributed by atoms with Crippen LogP contribution in [-0.4, -0.2) is 22.0 Å². The van der Waals surface area contributed by atoms with E-state index in [0.29, 0.717) is 11.8 Å². The van der Waals surface area contributed by atoms with E-state index in [0.717, 1.165) is 30.5 Å². The van der Waals surface area contributed by atoms with Crippen LogP contribution in [0.1, 0.15) is 49.7 Å². The third-order valence-corrected chi connectivity index (χ3v) is 6.80. The highest BCUT2D eigenvalue weighted by molar-refractivity contribution is 5.85. The van der Waals surface area contributed by atoms with Gasteiger partial charge in [0.1, 0.15) is 5.75 Å². The molecule has 4 aliphatic carbocycles. The molecule has 0 saturated heterocycles. The van der Waals surface area contributed by atoms with Crippen LogP contribution in [-0.2, 0) is 5.41 Å². The highest BCUT2D eigenvalue weighted by Gasteiger charge is 2.57. The number of rotatable bonds is 3. The summed E-state index contributed by atoms with van der Waals surface area (Å²) in [4.78, 5) is 4.50. The SMILES string of the molecule is Oc1ccccc1C=Nc1ccc(C23CC4CC(CC(O)(C4)C2)C3)cc1. The van der Waals surface area contributed by atoms with Crippen molar-refractivity contribution in [2.24, 2.45) is 16.8 Å². The Balaban J connectivity index is 1.40. The Morgan fingerprint density at radius 3 is 2.27 bits per heavy atom. The minimum absolute atomic E-state index is 0.165. The highest BCUT2D eigenvalue weighted by Crippen LogP contribution is 2.62. The molecule has 3 nitrogen and oxygen atoms in total. The largest absolute Gasteiger partial charge is 0.507 e. The molecule has 4 fully saturated rings. The molecular formula is C23H25NO2. The minimum Gasteiger partial charge on any atom is -0.507 e. The van der Waals surface area contributed by atoms with E-state index < -0.39 is 5.60 Å². The van der Waals surface area contributed by atoms with Gasteiger partial charge >= 0.3 is 0 Å². The van der Waals surface area contributed by atoms with Gasteiger partial charge < -0.3 is 10.2 Å². The van der Waals surface area contributed by atoms with Gasteiger partial charge in [-0.15, -0.1) is 0 Å². The van der Waals surface area contributed by atoms with E-state index >= 15 is 0 Å². The summed E-state index contributed by atoms with van der Waals surface area (Å²) >= 11 is 0. The summed E-state index contributed by atoms with van der Waals surface area (Å²) < 4.78 is 0. The number of hydrogen-bond acceptors (Lipinski definition) is 3. The minimum atomic E-state index is -0.425. The fraction of sp³-hybridized carbons (Fsp3) is 0.435. The number of phenolic OH excluding ortho intramolecular Hbond substituents is 1. The summed E-state index contributed by atoms with van der Waals surface area (Å²) in [6, 6.07) is 15.7. The maximum atomic E-state index is 11.0. The number of nitrogens with zero attached hydrogens (tertiary/aromatic N) is 1. The molecule has 4 bridgehead atoms. The van der Waals surface area contributed by atoms with E-state index in [1.165, 1.54) is 24.8 Å². The molecule has 4 aliphatic rings. The lowest BCUT2D eigenvalue weighted by Crippen LogP contribution is -2.57. The van der Waals surface area contributed by atoms with Crippen LogP contribution >= 0.6 is 0 Å². The molecule has 2 aromatic carbocycles. The number of benzene rings is 2. The molecule has 2 N–H and O–H groups in total. The first-order valence-electron chi connectivity index (χ1n) is 9.69. The molecule has 6 rings (SSSR count). The zero-order valence-electron chi connectivity index (χ0n) is 14.9. The Morgan fingerprint density at radius 2 is 1.62 bits per heavy atom. The predicted molar refractivity (Wildman–Crippen MR) is 103 cm³/mol. The second kappa shape index (κ2) is 5.68. The van der Waals surface area contributed by atoms with Gasteiger partial charge in [0.2, 0.25) is 0 Å². The normalized spacial score (nSPS) is 35.3. The average Bonchev–Trinajstić information content (AvgIpc) is 2.59. The first-order valence-corrected chi connectivity index (χ1v) is 9.69. The summed E-state index contributed by atoms with van der Waals surface area (Å²) in [5.74, 6) is 1.63. The van der Waals surface area contributed by atoms with Crippen LogP contribution in [0, 0.1) is 11.8 Å². The van der Waals surface area contributed by atoms with Crippen molar-refractivity contribution in [1.29, 1.82) is 0 Å². The summed E-state index contributed by atoms with van der Waals surface area (Å²) in [7, 11) is 0. The van der Waals surface area contributed by atoms with Gasteiger partial charge in [0.05, 0.1) is 11.3 Å². The third kappa shape index (κ3) is 2.66. The Kier molecular flexibility index (Phi) is 3.51. The fourth-order valence-corrected chi connectivity index (χ4v) is 6.19. The summed E-state index contributed by atoms with van der Waals surface area (Å²) in [5, 5.41) is 20.8. The van der Waals surface area contributed by atoms with Gasteiger partial charge in [0.25, 0.3) is 0 Å². The second-order valence-electron chi connectivity index (χ2n) is 8.83. The lowest BCUT2D eigenvalue weighted by molar-refractivity contribution is -0.136.